The van der Waals surface area contributed by atoms with E-state index in [1.807, 2.05) is 20.9 Å². The molecule has 70 valence electrons. The molecule has 0 spiro atoms. The van der Waals surface area contributed by atoms with Gasteiger partial charge in [-0.05, 0) is 32.0 Å². The van der Waals surface area contributed by atoms with Gasteiger partial charge in [-0.3, -0.25) is 0 Å². The molecule has 0 saturated heterocycles. The second-order valence-electron chi connectivity index (χ2n) is 3.22. The fourth-order valence-electron chi connectivity index (χ4n) is 0.565. The van der Waals surface area contributed by atoms with Gasteiger partial charge in [0.25, 0.3) is 0 Å². The Kier molecular flexibility index (Phi) is 9.85. The summed E-state index contributed by atoms with van der Waals surface area (Å²) in [6.07, 6.45) is 1.15. The fourth-order valence-corrected chi connectivity index (χ4v) is 0.565. The summed E-state index contributed by atoms with van der Waals surface area (Å²) >= 11 is 0. The lowest BCUT2D eigenvalue weighted by atomic mass is 9.90. The fraction of sp³-hybridized carbons (Fsp3) is 1.00. The second-order valence-corrected chi connectivity index (χ2v) is 3.22. The van der Waals surface area contributed by atoms with Crippen LogP contribution in [0, 0.1) is 5.41 Å². The van der Waals surface area contributed by atoms with Crippen molar-refractivity contribution in [3.8, 4) is 0 Å². The van der Waals surface area contributed by atoms with Crippen molar-refractivity contribution >= 4 is 0 Å². The molecular weight excluding hydrogens is 136 g/mol. The number of nitrogens with one attached hydrogen (secondary N) is 1. The zero-order chi connectivity index (χ0) is 9.33. The molecule has 0 heterocycles. The molecule has 0 unspecified atom stereocenters. The zero-order valence-corrected chi connectivity index (χ0v) is 8.70. The minimum absolute atomic E-state index is 0.309. The van der Waals surface area contributed by atoms with E-state index in [0.29, 0.717) is 5.41 Å². The van der Waals surface area contributed by atoms with Gasteiger partial charge in [-0.15, -0.1) is 0 Å². The highest BCUT2D eigenvalue weighted by Gasteiger charge is 2.13. The molecule has 0 aromatic heterocycles. The molecule has 0 aliphatic rings. The maximum absolute atomic E-state index is 5.52. The van der Waals surface area contributed by atoms with Crippen LogP contribution in [0.3, 0.4) is 0 Å². The van der Waals surface area contributed by atoms with E-state index in [1.54, 1.807) is 0 Å². The topological polar surface area (TPSA) is 38.0 Å². The molecule has 0 rings (SSSR count). The van der Waals surface area contributed by atoms with Crippen LogP contribution in [-0.2, 0) is 0 Å². The molecule has 0 radical (unpaired) electrons. The summed E-state index contributed by atoms with van der Waals surface area (Å²) in [5, 5.41) is 3.10. The van der Waals surface area contributed by atoms with E-state index in [-0.39, 0.29) is 0 Å². The van der Waals surface area contributed by atoms with Gasteiger partial charge in [0.15, 0.2) is 0 Å². The van der Waals surface area contributed by atoms with Crippen LogP contribution >= 0.6 is 0 Å². The van der Waals surface area contributed by atoms with E-state index < -0.39 is 0 Å². The molecule has 0 saturated carbocycles. The molecule has 0 bridgehead atoms. The second kappa shape index (κ2) is 8.02. The van der Waals surface area contributed by atoms with E-state index in [4.69, 9.17) is 5.73 Å². The first-order chi connectivity index (χ1) is 5.12. The predicted octanol–water partition coefficient (Wildman–Crippen LogP) is 1.61. The summed E-state index contributed by atoms with van der Waals surface area (Å²) in [6, 6.07) is 0. The summed E-state index contributed by atoms with van der Waals surface area (Å²) in [4.78, 5) is 0. The maximum Gasteiger partial charge on any atom is -0.00253 e. The van der Waals surface area contributed by atoms with Crippen LogP contribution in [0.4, 0.5) is 0 Å². The van der Waals surface area contributed by atoms with Crippen molar-refractivity contribution in [2.45, 2.75) is 34.1 Å². The Bertz CT molecular complexity index is 70.0. The Morgan fingerprint density at radius 1 is 1.27 bits per heavy atom. The van der Waals surface area contributed by atoms with Gasteiger partial charge in [0.2, 0.25) is 0 Å². The lowest BCUT2D eigenvalue weighted by Gasteiger charge is -2.21. The Hall–Kier alpha value is -0.0800. The summed E-state index contributed by atoms with van der Waals surface area (Å²) in [5.41, 5.74) is 5.83. The number of hydrogen-bond acceptors (Lipinski definition) is 2. The lowest BCUT2D eigenvalue weighted by molar-refractivity contribution is 0.344. The van der Waals surface area contributed by atoms with Crippen LogP contribution in [0.1, 0.15) is 34.1 Å². The van der Waals surface area contributed by atoms with Gasteiger partial charge in [0.05, 0.1) is 0 Å². The molecule has 2 heteroatoms. The van der Waals surface area contributed by atoms with Crippen molar-refractivity contribution in [3.63, 3.8) is 0 Å². The van der Waals surface area contributed by atoms with Gasteiger partial charge < -0.3 is 11.1 Å². The third kappa shape index (κ3) is 9.92. The standard InChI is InChI=1S/C7H18N2.C2H6/c1-7(2,6-8)4-5-9-3;1-2/h9H,4-6,8H2,1-3H3;1-2H3. The van der Waals surface area contributed by atoms with E-state index in [9.17, 15) is 0 Å². The molecule has 11 heavy (non-hydrogen) atoms. The van der Waals surface area contributed by atoms with Gasteiger partial charge in [0, 0.05) is 0 Å². The zero-order valence-electron chi connectivity index (χ0n) is 8.70. The first-order valence-corrected chi connectivity index (χ1v) is 4.47. The van der Waals surface area contributed by atoms with Gasteiger partial charge >= 0.3 is 0 Å². The normalized spacial score (nSPS) is 10.4. The van der Waals surface area contributed by atoms with E-state index >= 15 is 0 Å². The number of hydrogen-bond donors (Lipinski definition) is 2. The lowest BCUT2D eigenvalue weighted by Crippen LogP contribution is -2.27. The largest absolute Gasteiger partial charge is 0.330 e. The van der Waals surface area contributed by atoms with Gasteiger partial charge in [-0.2, -0.15) is 0 Å². The van der Waals surface area contributed by atoms with Crippen molar-refractivity contribution in [1.29, 1.82) is 0 Å². The average molecular weight is 160 g/mol. The Balaban J connectivity index is 0. The molecule has 2 nitrogen and oxygen atoms in total. The molecule has 0 aromatic carbocycles. The Morgan fingerprint density at radius 2 is 1.73 bits per heavy atom. The molecule has 0 amide bonds. The van der Waals surface area contributed by atoms with Crippen molar-refractivity contribution in [1.82, 2.24) is 5.32 Å². The molecule has 0 aliphatic carbocycles. The van der Waals surface area contributed by atoms with Gasteiger partial charge in [-0.25, -0.2) is 0 Å². The number of nitrogens with two attached hydrogens (primary N) is 1. The Labute approximate surface area is 71.6 Å². The third-order valence-corrected chi connectivity index (χ3v) is 1.60. The van der Waals surface area contributed by atoms with E-state index in [0.717, 1.165) is 19.5 Å². The van der Waals surface area contributed by atoms with Crippen molar-refractivity contribution < 1.29 is 0 Å². The highest BCUT2D eigenvalue weighted by molar-refractivity contribution is 4.69. The van der Waals surface area contributed by atoms with E-state index in [1.165, 1.54) is 0 Å². The third-order valence-electron chi connectivity index (χ3n) is 1.60. The minimum Gasteiger partial charge on any atom is -0.330 e. The first kappa shape index (κ1) is 13.5. The van der Waals surface area contributed by atoms with Crippen molar-refractivity contribution in [3.05, 3.63) is 0 Å². The monoisotopic (exact) mass is 160 g/mol. The molecule has 3 N–H and O–H groups in total. The molecule has 0 aromatic rings. The SMILES string of the molecule is CC.CNCCC(C)(C)CN. The van der Waals surface area contributed by atoms with Gasteiger partial charge in [0.1, 0.15) is 0 Å². The first-order valence-electron chi connectivity index (χ1n) is 4.47. The predicted molar refractivity (Wildman–Crippen MR) is 52.7 cm³/mol. The summed E-state index contributed by atoms with van der Waals surface area (Å²) < 4.78 is 0. The van der Waals surface area contributed by atoms with Crippen LogP contribution in [0.2, 0.25) is 0 Å². The van der Waals surface area contributed by atoms with Gasteiger partial charge in [-0.1, -0.05) is 27.7 Å². The smallest absolute Gasteiger partial charge is 0.00253 e. The Morgan fingerprint density at radius 3 is 2.00 bits per heavy atom. The summed E-state index contributed by atoms with van der Waals surface area (Å²) in [7, 11) is 1.96. The summed E-state index contributed by atoms with van der Waals surface area (Å²) in [5.74, 6) is 0. The maximum atomic E-state index is 5.52. The summed E-state index contributed by atoms with van der Waals surface area (Å²) in [6.45, 7) is 10.2. The minimum atomic E-state index is 0.309. The van der Waals surface area contributed by atoms with Crippen LogP contribution in [-0.4, -0.2) is 20.1 Å². The number of rotatable bonds is 4. The molecule has 0 aliphatic heterocycles. The van der Waals surface area contributed by atoms with Crippen LogP contribution < -0.4 is 11.1 Å². The molecule has 0 fully saturated rings. The van der Waals surface area contributed by atoms with Crippen LogP contribution in [0.15, 0.2) is 0 Å². The highest BCUT2D eigenvalue weighted by Crippen LogP contribution is 2.16. The quantitative estimate of drug-likeness (QED) is 0.655. The molecule has 0 atom stereocenters. The highest BCUT2D eigenvalue weighted by atomic mass is 14.8. The average Bonchev–Trinajstić information content (AvgIpc) is 2.05. The van der Waals surface area contributed by atoms with Crippen LogP contribution in [0.25, 0.3) is 0 Å². The molecular formula is C9H24N2. The van der Waals surface area contributed by atoms with Crippen LogP contribution in [0.5, 0.6) is 0 Å². The van der Waals surface area contributed by atoms with Crippen molar-refractivity contribution in [2.75, 3.05) is 20.1 Å². The van der Waals surface area contributed by atoms with E-state index in [2.05, 4.69) is 19.2 Å². The van der Waals surface area contributed by atoms with Crippen molar-refractivity contribution in [2.24, 2.45) is 11.1 Å².